The second kappa shape index (κ2) is 7.48. The van der Waals surface area contributed by atoms with Gasteiger partial charge in [0.2, 0.25) is 0 Å². The Morgan fingerprint density at radius 3 is 2.00 bits per heavy atom. The summed E-state index contributed by atoms with van der Waals surface area (Å²) in [5.41, 5.74) is 1.89. The molecular weight excluding hydrogens is 262 g/mol. The summed E-state index contributed by atoms with van der Waals surface area (Å²) in [7, 11) is 0. The second-order valence-corrected chi connectivity index (χ2v) is 7.44. The summed E-state index contributed by atoms with van der Waals surface area (Å²) in [5.74, 6) is -0.174. The molecule has 0 aliphatic rings. The molecule has 0 bridgehead atoms. The quantitative estimate of drug-likeness (QED) is 0.805. The first kappa shape index (κ1) is 19.5. The van der Waals surface area contributed by atoms with E-state index >= 15 is 0 Å². The molecule has 0 atom stereocenters. The van der Waals surface area contributed by atoms with E-state index in [2.05, 4.69) is 26.1 Å². The van der Waals surface area contributed by atoms with E-state index in [1.165, 1.54) is 0 Å². The van der Waals surface area contributed by atoms with Crippen LogP contribution in [0.25, 0.3) is 0 Å². The van der Waals surface area contributed by atoms with Crippen molar-refractivity contribution in [2.45, 2.75) is 55.6 Å². The number of nitrogens with one attached hydrogen (secondary N) is 1. The minimum absolute atomic E-state index is 0. The normalized spacial score (nSPS) is 11.5. The third-order valence-electron chi connectivity index (χ3n) is 2.76. The van der Waals surface area contributed by atoms with Gasteiger partial charge in [0.1, 0.15) is 6.61 Å². The second-order valence-electron chi connectivity index (χ2n) is 7.44. The number of rotatable bonds is 4. The van der Waals surface area contributed by atoms with Gasteiger partial charge in [-0.15, -0.1) is 0 Å². The molecule has 1 N–H and O–H groups in total. The van der Waals surface area contributed by atoms with E-state index in [1.54, 1.807) is 0 Å². The van der Waals surface area contributed by atoms with Crippen LogP contribution in [0.3, 0.4) is 0 Å². The largest absolute Gasteiger partial charge is 0.460 e. The summed E-state index contributed by atoms with van der Waals surface area (Å²) in [6, 6.07) is 8.01. The fourth-order valence-electron chi connectivity index (χ4n) is 1.45. The maximum Gasteiger partial charge on any atom is 0.311 e. The number of carbonyl (C=O) groups excluding carboxylic acids is 1. The molecule has 1 aromatic carbocycles. The topological polar surface area (TPSA) is 38.3 Å². The number of anilines is 1. The zero-order valence-electron chi connectivity index (χ0n) is 13.5. The number of esters is 1. The summed E-state index contributed by atoms with van der Waals surface area (Å²) in [4.78, 5) is 11.7. The number of hydrogen-bond acceptors (Lipinski definition) is 3. The van der Waals surface area contributed by atoms with Crippen LogP contribution in [0, 0.1) is 10.8 Å². The predicted octanol–water partition coefficient (Wildman–Crippen LogP) is 4.87. The fourth-order valence-corrected chi connectivity index (χ4v) is 1.45. The van der Waals surface area contributed by atoms with Crippen molar-refractivity contribution in [1.29, 1.82) is 0 Å². The van der Waals surface area contributed by atoms with Gasteiger partial charge in [0.05, 0.1) is 5.41 Å². The van der Waals surface area contributed by atoms with Gasteiger partial charge in [0, 0.05) is 12.2 Å². The summed E-state index contributed by atoms with van der Waals surface area (Å²) in [6.45, 7) is 13.4. The standard InChI is InChI=1S/C17H27NO2.CH4/c1-16(2,3)12-18-14-9-7-13(8-10-14)11-20-15(19)17(4,5)6;/h7-10,18H,11-12H2,1-6H3;1H4. The molecule has 0 saturated heterocycles. The number of benzene rings is 1. The lowest BCUT2D eigenvalue weighted by molar-refractivity contribution is -0.154. The highest BCUT2D eigenvalue weighted by atomic mass is 16.5. The average Bonchev–Trinajstić information content (AvgIpc) is 2.32. The molecule has 3 heteroatoms. The molecule has 0 aromatic heterocycles. The first-order valence-electron chi connectivity index (χ1n) is 7.08. The maximum atomic E-state index is 11.7. The van der Waals surface area contributed by atoms with Crippen LogP contribution < -0.4 is 5.32 Å². The molecular formula is C18H31NO2. The molecule has 0 fully saturated rings. The van der Waals surface area contributed by atoms with Crippen LogP contribution in [0.5, 0.6) is 0 Å². The predicted molar refractivity (Wildman–Crippen MR) is 90.4 cm³/mol. The molecule has 0 aliphatic carbocycles. The number of ether oxygens (including phenoxy) is 1. The molecule has 1 rings (SSSR count). The first-order valence-corrected chi connectivity index (χ1v) is 7.08. The average molecular weight is 293 g/mol. The third kappa shape index (κ3) is 7.74. The van der Waals surface area contributed by atoms with E-state index < -0.39 is 5.41 Å². The monoisotopic (exact) mass is 293 g/mol. The van der Waals surface area contributed by atoms with Gasteiger partial charge in [-0.2, -0.15) is 0 Å². The molecule has 0 spiro atoms. The minimum atomic E-state index is -0.450. The van der Waals surface area contributed by atoms with Crippen LogP contribution in [0.2, 0.25) is 0 Å². The molecule has 0 amide bonds. The van der Waals surface area contributed by atoms with Gasteiger partial charge < -0.3 is 10.1 Å². The van der Waals surface area contributed by atoms with Crippen molar-refractivity contribution in [3.8, 4) is 0 Å². The Kier molecular flexibility index (Phi) is 6.95. The molecule has 0 heterocycles. The van der Waals surface area contributed by atoms with Crippen molar-refractivity contribution >= 4 is 11.7 Å². The Balaban J connectivity index is 0.00000400. The van der Waals surface area contributed by atoms with Crippen molar-refractivity contribution in [3.63, 3.8) is 0 Å². The molecule has 21 heavy (non-hydrogen) atoms. The highest BCUT2D eigenvalue weighted by Gasteiger charge is 2.22. The van der Waals surface area contributed by atoms with Crippen molar-refractivity contribution in [1.82, 2.24) is 0 Å². The van der Waals surface area contributed by atoms with Gasteiger partial charge in [-0.3, -0.25) is 4.79 Å². The van der Waals surface area contributed by atoms with E-state index in [0.29, 0.717) is 6.61 Å². The fraction of sp³-hybridized carbons (Fsp3) is 0.611. The molecule has 0 radical (unpaired) electrons. The highest BCUT2D eigenvalue weighted by molar-refractivity contribution is 5.75. The van der Waals surface area contributed by atoms with E-state index in [1.807, 2.05) is 45.0 Å². The number of carbonyl (C=O) groups is 1. The van der Waals surface area contributed by atoms with Crippen molar-refractivity contribution in [2.24, 2.45) is 10.8 Å². The van der Waals surface area contributed by atoms with Crippen LogP contribution >= 0.6 is 0 Å². The van der Waals surface area contributed by atoms with Crippen LogP contribution in [0.1, 0.15) is 54.5 Å². The minimum Gasteiger partial charge on any atom is -0.460 e. The molecule has 1 aromatic rings. The lowest BCUT2D eigenvalue weighted by atomic mass is 9.97. The van der Waals surface area contributed by atoms with E-state index in [0.717, 1.165) is 17.8 Å². The van der Waals surface area contributed by atoms with Crippen molar-refractivity contribution in [3.05, 3.63) is 29.8 Å². The van der Waals surface area contributed by atoms with Gasteiger partial charge in [-0.1, -0.05) is 40.3 Å². The van der Waals surface area contributed by atoms with Crippen molar-refractivity contribution in [2.75, 3.05) is 11.9 Å². The molecule has 0 aliphatic heterocycles. The van der Waals surface area contributed by atoms with Gasteiger partial charge in [-0.25, -0.2) is 0 Å². The van der Waals surface area contributed by atoms with Crippen LogP contribution in [-0.2, 0) is 16.1 Å². The van der Waals surface area contributed by atoms with E-state index in [4.69, 9.17) is 4.74 Å². The zero-order valence-corrected chi connectivity index (χ0v) is 13.5. The van der Waals surface area contributed by atoms with E-state index in [9.17, 15) is 4.79 Å². The lowest BCUT2D eigenvalue weighted by Crippen LogP contribution is -2.22. The van der Waals surface area contributed by atoms with Gasteiger partial charge in [-0.05, 0) is 43.9 Å². The summed E-state index contributed by atoms with van der Waals surface area (Å²) in [6.07, 6.45) is 0. The molecule has 0 unspecified atom stereocenters. The molecule has 3 nitrogen and oxygen atoms in total. The first-order chi connectivity index (χ1) is 9.08. The Hall–Kier alpha value is -1.51. The summed E-state index contributed by atoms with van der Waals surface area (Å²) < 4.78 is 5.29. The van der Waals surface area contributed by atoms with Crippen molar-refractivity contribution < 1.29 is 9.53 Å². The lowest BCUT2D eigenvalue weighted by Gasteiger charge is -2.20. The summed E-state index contributed by atoms with van der Waals surface area (Å²) in [5, 5.41) is 3.39. The smallest absolute Gasteiger partial charge is 0.311 e. The Labute approximate surface area is 130 Å². The Bertz CT molecular complexity index is 436. The van der Waals surface area contributed by atoms with Gasteiger partial charge in [0.15, 0.2) is 0 Å². The van der Waals surface area contributed by atoms with Crippen LogP contribution in [0.4, 0.5) is 5.69 Å². The Morgan fingerprint density at radius 1 is 1.05 bits per heavy atom. The summed E-state index contributed by atoms with van der Waals surface area (Å²) >= 11 is 0. The van der Waals surface area contributed by atoms with E-state index in [-0.39, 0.29) is 18.8 Å². The van der Waals surface area contributed by atoms with Crippen LogP contribution in [-0.4, -0.2) is 12.5 Å². The number of hydrogen-bond donors (Lipinski definition) is 1. The highest BCUT2D eigenvalue weighted by Crippen LogP contribution is 2.18. The SMILES string of the molecule is C.CC(C)(C)CNc1ccc(COC(=O)C(C)(C)C)cc1. The molecule has 120 valence electrons. The van der Waals surface area contributed by atoms with Gasteiger partial charge >= 0.3 is 5.97 Å². The van der Waals surface area contributed by atoms with Crippen LogP contribution in [0.15, 0.2) is 24.3 Å². The third-order valence-corrected chi connectivity index (χ3v) is 2.76. The van der Waals surface area contributed by atoms with Gasteiger partial charge in [0.25, 0.3) is 0 Å². The zero-order chi connectivity index (χ0) is 15.4. The molecule has 0 saturated carbocycles. The Morgan fingerprint density at radius 2 is 1.57 bits per heavy atom. The maximum absolute atomic E-state index is 11.7.